The smallest absolute Gasteiger partial charge is 0.250 e. The molecule has 2 aromatic rings. The predicted octanol–water partition coefficient (Wildman–Crippen LogP) is 1.66. The molecule has 3 rings (SSSR count). The van der Waals surface area contributed by atoms with Crippen LogP contribution >= 0.6 is 11.8 Å². The van der Waals surface area contributed by atoms with E-state index in [-0.39, 0.29) is 5.56 Å². The van der Waals surface area contributed by atoms with Crippen LogP contribution in [0.2, 0.25) is 0 Å². The topological polar surface area (TPSA) is 74.8 Å². The number of rotatable bonds is 4. The van der Waals surface area contributed by atoms with Gasteiger partial charge in [0, 0.05) is 43.0 Å². The van der Waals surface area contributed by atoms with Gasteiger partial charge >= 0.3 is 0 Å². The molecule has 0 amide bonds. The summed E-state index contributed by atoms with van der Waals surface area (Å²) in [5.74, 6) is 0.322. The fourth-order valence-corrected chi connectivity index (χ4v) is 3.15. The molecule has 3 heterocycles. The highest BCUT2D eigenvalue weighted by atomic mass is 32.2. The second-order valence-electron chi connectivity index (χ2n) is 5.49. The molecular weight excluding hydrogens is 298 g/mol. The van der Waals surface area contributed by atoms with Crippen LogP contribution in [0.4, 0.5) is 0 Å². The Kier molecular flexibility index (Phi) is 4.84. The maximum atomic E-state index is 11.4. The van der Waals surface area contributed by atoms with Crippen molar-refractivity contribution >= 4 is 11.8 Å². The average molecular weight is 317 g/mol. The SMILES string of the molecule is CSc1ncc(CN2CCCC(c3cc(=O)[nH]cn3)C2)cn1. The van der Waals surface area contributed by atoms with Crippen LogP contribution in [0.25, 0.3) is 0 Å². The van der Waals surface area contributed by atoms with Gasteiger partial charge in [-0.25, -0.2) is 15.0 Å². The third-order valence-corrected chi connectivity index (χ3v) is 4.47. The van der Waals surface area contributed by atoms with Crippen LogP contribution < -0.4 is 5.56 Å². The number of piperidine rings is 1. The van der Waals surface area contributed by atoms with Crippen LogP contribution in [-0.4, -0.2) is 44.2 Å². The first-order valence-electron chi connectivity index (χ1n) is 7.36. The van der Waals surface area contributed by atoms with Crippen LogP contribution in [0, 0.1) is 0 Å². The molecule has 1 unspecified atom stereocenters. The lowest BCUT2D eigenvalue weighted by Crippen LogP contribution is -2.34. The van der Waals surface area contributed by atoms with Gasteiger partial charge in [0.2, 0.25) is 0 Å². The summed E-state index contributed by atoms with van der Waals surface area (Å²) < 4.78 is 0. The zero-order valence-corrected chi connectivity index (χ0v) is 13.3. The number of nitrogens with zero attached hydrogens (tertiary/aromatic N) is 4. The summed E-state index contributed by atoms with van der Waals surface area (Å²) in [7, 11) is 0. The van der Waals surface area contributed by atoms with E-state index in [4.69, 9.17) is 0 Å². The number of hydrogen-bond donors (Lipinski definition) is 1. The average Bonchev–Trinajstić information content (AvgIpc) is 2.56. The molecule has 22 heavy (non-hydrogen) atoms. The second-order valence-corrected chi connectivity index (χ2v) is 6.26. The van der Waals surface area contributed by atoms with Gasteiger partial charge in [0.05, 0.1) is 12.0 Å². The third-order valence-electron chi connectivity index (χ3n) is 3.89. The minimum absolute atomic E-state index is 0.0804. The Hall–Kier alpha value is -1.73. The van der Waals surface area contributed by atoms with Gasteiger partial charge in [-0.2, -0.15) is 0 Å². The van der Waals surface area contributed by atoms with Crippen LogP contribution in [0.1, 0.15) is 30.0 Å². The molecule has 0 bridgehead atoms. The summed E-state index contributed by atoms with van der Waals surface area (Å²) in [4.78, 5) is 29.4. The molecule has 7 heteroatoms. The first kappa shape index (κ1) is 15.2. The van der Waals surface area contributed by atoms with Gasteiger partial charge in [-0.3, -0.25) is 9.69 Å². The molecule has 1 saturated heterocycles. The Morgan fingerprint density at radius 3 is 2.91 bits per heavy atom. The van der Waals surface area contributed by atoms with Crippen molar-refractivity contribution in [1.29, 1.82) is 0 Å². The number of thioether (sulfide) groups is 1. The first-order valence-corrected chi connectivity index (χ1v) is 8.59. The lowest BCUT2D eigenvalue weighted by atomic mass is 9.94. The minimum atomic E-state index is -0.0804. The van der Waals surface area contributed by atoms with Crippen molar-refractivity contribution in [2.45, 2.75) is 30.5 Å². The normalized spacial score (nSPS) is 19.2. The number of hydrogen-bond acceptors (Lipinski definition) is 6. The molecule has 1 aliphatic heterocycles. The fourth-order valence-electron chi connectivity index (χ4n) is 2.84. The van der Waals surface area contributed by atoms with Gasteiger partial charge < -0.3 is 4.98 Å². The Morgan fingerprint density at radius 2 is 2.18 bits per heavy atom. The van der Waals surface area contributed by atoms with Crippen molar-refractivity contribution in [2.24, 2.45) is 0 Å². The molecule has 0 aromatic carbocycles. The van der Waals surface area contributed by atoms with Crippen LogP contribution in [0.3, 0.4) is 0 Å². The molecule has 1 fully saturated rings. The van der Waals surface area contributed by atoms with E-state index in [2.05, 4.69) is 24.8 Å². The maximum absolute atomic E-state index is 11.4. The largest absolute Gasteiger partial charge is 0.313 e. The van der Waals surface area contributed by atoms with Crippen molar-refractivity contribution in [2.75, 3.05) is 19.3 Å². The Balaban J connectivity index is 1.66. The Bertz CT molecular complexity index is 672. The van der Waals surface area contributed by atoms with E-state index in [1.165, 1.54) is 6.33 Å². The third kappa shape index (κ3) is 3.72. The van der Waals surface area contributed by atoms with E-state index >= 15 is 0 Å². The minimum Gasteiger partial charge on any atom is -0.313 e. The quantitative estimate of drug-likeness (QED) is 0.683. The van der Waals surface area contributed by atoms with E-state index in [1.807, 2.05) is 18.6 Å². The van der Waals surface area contributed by atoms with Gasteiger partial charge in [0.1, 0.15) is 0 Å². The molecule has 1 atom stereocenters. The Labute approximate surface area is 133 Å². The zero-order valence-electron chi connectivity index (χ0n) is 12.5. The highest BCUT2D eigenvalue weighted by Crippen LogP contribution is 2.25. The standard InChI is InChI=1S/C15H19N5OS/c1-22-15-16-6-11(7-17-15)8-20-4-2-3-12(9-20)13-5-14(21)19-10-18-13/h5-7,10,12H,2-4,8-9H2,1H3,(H,18,19,21). The number of likely N-dealkylation sites (tertiary alicyclic amines) is 1. The monoisotopic (exact) mass is 317 g/mol. The summed E-state index contributed by atoms with van der Waals surface area (Å²) in [6, 6.07) is 1.62. The number of aromatic amines is 1. The number of H-pyrrole nitrogens is 1. The number of nitrogens with one attached hydrogen (secondary N) is 1. The molecule has 116 valence electrons. The molecule has 1 aliphatic rings. The van der Waals surface area contributed by atoms with Gasteiger partial charge in [-0.15, -0.1) is 0 Å². The van der Waals surface area contributed by atoms with E-state index in [9.17, 15) is 4.79 Å². The van der Waals surface area contributed by atoms with Crippen LogP contribution in [0.15, 0.2) is 34.7 Å². The summed E-state index contributed by atoms with van der Waals surface area (Å²) in [5, 5.41) is 0.799. The van der Waals surface area contributed by atoms with Crippen LogP contribution in [0.5, 0.6) is 0 Å². The number of aromatic nitrogens is 4. The molecule has 1 N–H and O–H groups in total. The maximum Gasteiger partial charge on any atom is 0.250 e. The van der Waals surface area contributed by atoms with E-state index < -0.39 is 0 Å². The van der Waals surface area contributed by atoms with Crippen molar-refractivity contribution in [3.8, 4) is 0 Å². The van der Waals surface area contributed by atoms with E-state index in [1.54, 1.807) is 17.8 Å². The van der Waals surface area contributed by atoms with Crippen molar-refractivity contribution in [1.82, 2.24) is 24.8 Å². The zero-order chi connectivity index (χ0) is 15.4. The van der Waals surface area contributed by atoms with E-state index in [0.717, 1.165) is 48.9 Å². The summed E-state index contributed by atoms with van der Waals surface area (Å²) in [6.45, 7) is 2.82. The molecular formula is C15H19N5OS. The van der Waals surface area contributed by atoms with Gasteiger partial charge in [-0.1, -0.05) is 11.8 Å². The molecule has 0 spiro atoms. The lowest BCUT2D eigenvalue weighted by Gasteiger charge is -2.32. The van der Waals surface area contributed by atoms with Gasteiger partial charge in [0.15, 0.2) is 5.16 Å². The molecule has 0 aliphatic carbocycles. The van der Waals surface area contributed by atoms with Crippen molar-refractivity contribution in [3.05, 3.63) is 46.4 Å². The van der Waals surface area contributed by atoms with Crippen LogP contribution in [-0.2, 0) is 6.54 Å². The highest BCUT2D eigenvalue weighted by molar-refractivity contribution is 7.98. The molecule has 6 nitrogen and oxygen atoms in total. The van der Waals surface area contributed by atoms with Crippen molar-refractivity contribution < 1.29 is 0 Å². The van der Waals surface area contributed by atoms with Gasteiger partial charge in [0.25, 0.3) is 5.56 Å². The van der Waals surface area contributed by atoms with Gasteiger partial charge in [-0.05, 0) is 25.6 Å². The molecule has 0 radical (unpaired) electrons. The fraction of sp³-hybridized carbons (Fsp3) is 0.467. The molecule has 2 aromatic heterocycles. The first-order chi connectivity index (χ1) is 10.7. The van der Waals surface area contributed by atoms with E-state index in [0.29, 0.717) is 5.92 Å². The lowest BCUT2D eigenvalue weighted by molar-refractivity contribution is 0.198. The predicted molar refractivity (Wildman–Crippen MR) is 85.9 cm³/mol. The summed E-state index contributed by atoms with van der Waals surface area (Å²) >= 11 is 1.55. The second kappa shape index (κ2) is 7.02. The summed E-state index contributed by atoms with van der Waals surface area (Å²) in [6.07, 6.45) is 9.45. The highest BCUT2D eigenvalue weighted by Gasteiger charge is 2.22. The summed E-state index contributed by atoms with van der Waals surface area (Å²) in [5.41, 5.74) is 1.93. The van der Waals surface area contributed by atoms with Crippen molar-refractivity contribution in [3.63, 3.8) is 0 Å². The Morgan fingerprint density at radius 1 is 1.36 bits per heavy atom. The molecule has 0 saturated carbocycles.